The van der Waals surface area contributed by atoms with Crippen molar-refractivity contribution in [1.29, 1.82) is 0 Å². The second-order valence-corrected chi connectivity index (χ2v) is 4.01. The van der Waals surface area contributed by atoms with Gasteiger partial charge in [0.2, 0.25) is 0 Å². The van der Waals surface area contributed by atoms with E-state index in [2.05, 4.69) is 5.32 Å². The lowest BCUT2D eigenvalue weighted by Gasteiger charge is -2.30. The number of hydrogen-bond acceptors (Lipinski definition) is 4. The molecular weight excluding hydrogens is 228 g/mol. The molecule has 1 unspecified atom stereocenters. The van der Waals surface area contributed by atoms with E-state index in [1.807, 2.05) is 0 Å². The van der Waals surface area contributed by atoms with Crippen LogP contribution in [0.15, 0.2) is 0 Å². The maximum Gasteiger partial charge on any atom is 0.328 e. The Labute approximate surface area is 99.4 Å². The number of methoxy groups -OCH3 is 1. The van der Waals surface area contributed by atoms with Crippen molar-refractivity contribution in [3.63, 3.8) is 0 Å². The van der Waals surface area contributed by atoms with Crippen LogP contribution in [0.1, 0.15) is 12.8 Å². The Balaban J connectivity index is 2.44. The van der Waals surface area contributed by atoms with Gasteiger partial charge in [0.05, 0.1) is 12.7 Å². The van der Waals surface area contributed by atoms with Gasteiger partial charge in [0, 0.05) is 20.2 Å². The highest BCUT2D eigenvalue weighted by Gasteiger charge is 2.25. The quantitative estimate of drug-likeness (QED) is 0.606. The molecule has 17 heavy (non-hydrogen) atoms. The van der Waals surface area contributed by atoms with Crippen molar-refractivity contribution in [2.75, 3.05) is 26.8 Å². The summed E-state index contributed by atoms with van der Waals surface area (Å²) in [5, 5.41) is 20.5. The molecule has 3 N–H and O–H groups in total. The predicted molar refractivity (Wildman–Crippen MR) is 58.6 cm³/mol. The van der Waals surface area contributed by atoms with Crippen LogP contribution in [0.4, 0.5) is 4.79 Å². The van der Waals surface area contributed by atoms with Crippen LogP contribution in [0.25, 0.3) is 0 Å². The zero-order valence-electron chi connectivity index (χ0n) is 9.76. The van der Waals surface area contributed by atoms with Crippen molar-refractivity contribution < 1.29 is 24.5 Å². The molecule has 0 aliphatic carbocycles. The van der Waals surface area contributed by atoms with Gasteiger partial charge < -0.3 is 25.2 Å². The molecule has 7 nitrogen and oxygen atoms in total. The van der Waals surface area contributed by atoms with E-state index in [1.165, 1.54) is 12.0 Å². The molecule has 98 valence electrons. The second kappa shape index (κ2) is 6.41. The first kappa shape index (κ1) is 13.7. The molecule has 1 saturated heterocycles. The number of nitrogens with one attached hydrogen (secondary N) is 1. The number of rotatable bonds is 4. The summed E-state index contributed by atoms with van der Waals surface area (Å²) < 4.78 is 4.72. The smallest absolute Gasteiger partial charge is 0.328 e. The molecule has 1 atom stereocenters. The van der Waals surface area contributed by atoms with Gasteiger partial charge in [0.1, 0.15) is 0 Å². The molecular formula is C10H18N2O5. The van der Waals surface area contributed by atoms with E-state index >= 15 is 0 Å². The van der Waals surface area contributed by atoms with Crippen molar-refractivity contribution in [1.82, 2.24) is 10.2 Å². The number of carboxylic acids is 1. The zero-order chi connectivity index (χ0) is 12.8. The standard InChI is InChI=1S/C10H18N2O5/c1-17-6-8(9(14)15)11-10(16)12-4-2-7(13)3-5-12/h7-8,13H,2-6H2,1H3,(H,11,16)(H,14,15). The van der Waals surface area contributed by atoms with E-state index in [9.17, 15) is 14.7 Å². The van der Waals surface area contributed by atoms with Crippen LogP contribution in [0.5, 0.6) is 0 Å². The normalized spacial score (nSPS) is 18.8. The zero-order valence-corrected chi connectivity index (χ0v) is 9.76. The van der Waals surface area contributed by atoms with Crippen LogP contribution >= 0.6 is 0 Å². The summed E-state index contributed by atoms with van der Waals surface area (Å²) in [5.74, 6) is -1.13. The van der Waals surface area contributed by atoms with Gasteiger partial charge in [-0.1, -0.05) is 0 Å². The Morgan fingerprint density at radius 1 is 1.47 bits per heavy atom. The lowest BCUT2D eigenvalue weighted by molar-refractivity contribution is -0.140. The highest BCUT2D eigenvalue weighted by atomic mass is 16.5. The van der Waals surface area contributed by atoms with E-state index in [0.717, 1.165) is 0 Å². The largest absolute Gasteiger partial charge is 0.480 e. The first-order chi connectivity index (χ1) is 8.04. The fourth-order valence-corrected chi connectivity index (χ4v) is 1.65. The molecule has 0 aromatic carbocycles. The Bertz CT molecular complexity index is 276. The Hall–Kier alpha value is -1.34. The van der Waals surface area contributed by atoms with Crippen LogP contribution in [0, 0.1) is 0 Å². The Morgan fingerprint density at radius 3 is 2.53 bits per heavy atom. The van der Waals surface area contributed by atoms with Crippen LogP contribution in [0.2, 0.25) is 0 Å². The van der Waals surface area contributed by atoms with Crippen LogP contribution in [-0.2, 0) is 9.53 Å². The molecule has 1 aliphatic heterocycles. The summed E-state index contributed by atoms with van der Waals surface area (Å²) in [6.07, 6.45) is 0.679. The number of aliphatic hydroxyl groups is 1. The van der Waals surface area contributed by atoms with Crippen molar-refractivity contribution in [2.45, 2.75) is 25.0 Å². The lowest BCUT2D eigenvalue weighted by Crippen LogP contribution is -2.52. The number of amides is 2. The minimum absolute atomic E-state index is 0.0719. The predicted octanol–water partition coefficient (Wildman–Crippen LogP) is -0.748. The van der Waals surface area contributed by atoms with Crippen LogP contribution < -0.4 is 5.32 Å². The van der Waals surface area contributed by atoms with Gasteiger partial charge in [0.15, 0.2) is 6.04 Å². The van der Waals surface area contributed by atoms with Crippen LogP contribution in [0.3, 0.4) is 0 Å². The summed E-state index contributed by atoms with van der Waals surface area (Å²) in [6.45, 7) is 0.802. The molecule has 1 rings (SSSR count). The van der Waals surface area contributed by atoms with Crippen molar-refractivity contribution >= 4 is 12.0 Å². The number of hydrogen-bond donors (Lipinski definition) is 3. The van der Waals surface area contributed by atoms with Gasteiger partial charge in [-0.15, -0.1) is 0 Å². The van der Waals surface area contributed by atoms with Crippen LogP contribution in [-0.4, -0.2) is 66.1 Å². The molecule has 1 aliphatic rings. The number of piperidine rings is 1. The van der Waals surface area contributed by atoms with E-state index in [1.54, 1.807) is 0 Å². The summed E-state index contributed by atoms with van der Waals surface area (Å²) in [4.78, 5) is 24.0. The number of carbonyl (C=O) groups excluding carboxylic acids is 1. The molecule has 0 radical (unpaired) electrons. The number of likely N-dealkylation sites (tertiary alicyclic amines) is 1. The van der Waals surface area contributed by atoms with Gasteiger partial charge in [-0.25, -0.2) is 9.59 Å². The lowest BCUT2D eigenvalue weighted by atomic mass is 10.1. The number of nitrogens with zero attached hydrogens (tertiary/aromatic N) is 1. The highest BCUT2D eigenvalue weighted by molar-refractivity contribution is 5.82. The molecule has 1 heterocycles. The third-order valence-corrected chi connectivity index (χ3v) is 2.68. The van der Waals surface area contributed by atoms with Gasteiger partial charge in [-0.05, 0) is 12.8 Å². The Morgan fingerprint density at radius 2 is 2.06 bits per heavy atom. The summed E-state index contributed by atoms with van der Waals surface area (Å²) in [5.41, 5.74) is 0. The first-order valence-corrected chi connectivity index (χ1v) is 5.50. The van der Waals surface area contributed by atoms with E-state index in [4.69, 9.17) is 9.84 Å². The van der Waals surface area contributed by atoms with Crippen molar-refractivity contribution in [3.8, 4) is 0 Å². The van der Waals surface area contributed by atoms with E-state index < -0.39 is 18.0 Å². The maximum absolute atomic E-state index is 11.7. The van der Waals surface area contributed by atoms with Crippen molar-refractivity contribution in [3.05, 3.63) is 0 Å². The first-order valence-electron chi connectivity index (χ1n) is 5.50. The average Bonchev–Trinajstić information content (AvgIpc) is 2.29. The van der Waals surface area contributed by atoms with Gasteiger partial charge >= 0.3 is 12.0 Å². The number of ether oxygens (including phenoxy) is 1. The molecule has 0 spiro atoms. The summed E-state index contributed by atoms with van der Waals surface area (Å²) >= 11 is 0. The minimum atomic E-state index is -1.13. The van der Waals surface area contributed by atoms with Crippen molar-refractivity contribution in [2.24, 2.45) is 0 Å². The molecule has 0 aromatic heterocycles. The summed E-state index contributed by atoms with van der Waals surface area (Å²) in [7, 11) is 1.37. The van der Waals surface area contributed by atoms with Gasteiger partial charge in [-0.2, -0.15) is 0 Å². The van der Waals surface area contributed by atoms with E-state index in [-0.39, 0.29) is 12.7 Å². The second-order valence-electron chi connectivity index (χ2n) is 4.01. The third kappa shape index (κ3) is 4.20. The Kier molecular flexibility index (Phi) is 5.17. The number of aliphatic carboxylic acids is 1. The molecule has 0 saturated carbocycles. The molecule has 0 bridgehead atoms. The molecule has 1 fully saturated rings. The fraction of sp³-hybridized carbons (Fsp3) is 0.800. The number of aliphatic hydroxyl groups excluding tert-OH is 1. The number of carboxylic acid groups (broad SMARTS) is 1. The minimum Gasteiger partial charge on any atom is -0.480 e. The summed E-state index contributed by atoms with van der Waals surface area (Å²) in [6, 6.07) is -1.47. The molecule has 7 heteroatoms. The SMILES string of the molecule is COCC(NC(=O)N1CCC(O)CC1)C(=O)O. The third-order valence-electron chi connectivity index (χ3n) is 2.68. The topological polar surface area (TPSA) is 99.1 Å². The number of urea groups is 1. The van der Waals surface area contributed by atoms with Gasteiger partial charge in [0.25, 0.3) is 0 Å². The maximum atomic E-state index is 11.7. The average molecular weight is 246 g/mol. The van der Waals surface area contributed by atoms with Gasteiger partial charge in [-0.3, -0.25) is 0 Å². The highest BCUT2D eigenvalue weighted by Crippen LogP contribution is 2.09. The molecule has 2 amide bonds. The monoisotopic (exact) mass is 246 g/mol. The van der Waals surface area contributed by atoms with E-state index in [0.29, 0.717) is 25.9 Å². The molecule has 0 aromatic rings. The number of carbonyl (C=O) groups is 2. The fourth-order valence-electron chi connectivity index (χ4n) is 1.65.